The van der Waals surface area contributed by atoms with Crippen LogP contribution >= 0.6 is 0 Å². The summed E-state index contributed by atoms with van der Waals surface area (Å²) in [6, 6.07) is 64.7. The van der Waals surface area contributed by atoms with E-state index < -0.39 is 0 Å². The van der Waals surface area contributed by atoms with Crippen LogP contribution in [0.25, 0.3) is 72.0 Å². The second-order valence-corrected chi connectivity index (χ2v) is 13.6. The van der Waals surface area contributed by atoms with Gasteiger partial charge in [-0.25, -0.2) is 0 Å². The van der Waals surface area contributed by atoms with Crippen LogP contribution in [0.1, 0.15) is 0 Å². The summed E-state index contributed by atoms with van der Waals surface area (Å²) in [6.07, 6.45) is 0. The molecule has 2 aliphatic rings. The molecule has 9 aromatic rings. The molecule has 0 amide bonds. The number of aromatic nitrogens is 1. The number of benzene rings is 8. The second-order valence-electron chi connectivity index (χ2n) is 13.6. The number of rotatable bonds is 4. The largest absolute Gasteiger partial charge is 0.551 e. The first-order valence-electron chi connectivity index (χ1n) is 17.8. The molecule has 0 saturated carbocycles. The summed E-state index contributed by atoms with van der Waals surface area (Å²) in [6.45, 7) is -0.311. The van der Waals surface area contributed by atoms with Gasteiger partial charge in [-0.15, -0.1) is 0 Å². The van der Waals surface area contributed by atoms with Crippen LogP contribution in [0.5, 0.6) is 17.2 Å². The first kappa shape index (κ1) is 29.0. The van der Waals surface area contributed by atoms with Gasteiger partial charge < -0.3 is 14.0 Å². The summed E-state index contributed by atoms with van der Waals surface area (Å²) in [5, 5.41) is 2.50. The molecule has 1 aromatic heterocycles. The predicted molar refractivity (Wildman–Crippen MR) is 215 cm³/mol. The van der Waals surface area contributed by atoms with Gasteiger partial charge >= 0.3 is 6.92 Å². The highest BCUT2D eigenvalue weighted by Crippen LogP contribution is 2.43. The Morgan fingerprint density at radius 1 is 0.385 bits per heavy atom. The van der Waals surface area contributed by atoms with Gasteiger partial charge in [-0.2, -0.15) is 0 Å². The summed E-state index contributed by atoms with van der Waals surface area (Å²) in [5.74, 6) is 2.54. The fraction of sp³-hybridized carbons (Fsp3) is 0. The molecule has 0 atom stereocenters. The molecule has 0 unspecified atom stereocenters. The summed E-state index contributed by atoms with van der Waals surface area (Å²) >= 11 is 0. The second kappa shape index (κ2) is 11.4. The molecule has 3 nitrogen and oxygen atoms in total. The van der Waals surface area contributed by atoms with E-state index in [2.05, 4.69) is 187 Å². The van der Waals surface area contributed by atoms with E-state index in [-0.39, 0.29) is 6.92 Å². The number of fused-ring (bicyclic) bond motifs is 7. The molecule has 52 heavy (non-hydrogen) atoms. The number of para-hydroxylation sites is 3. The number of hydrogen-bond acceptors (Lipinski definition) is 2. The van der Waals surface area contributed by atoms with Gasteiger partial charge in [0.25, 0.3) is 0 Å². The van der Waals surface area contributed by atoms with E-state index in [1.165, 1.54) is 38.5 Å². The molecular formula is C48H30BNO2. The first-order chi connectivity index (χ1) is 25.8. The lowest BCUT2D eigenvalue weighted by molar-refractivity contribution is 0.479. The third kappa shape index (κ3) is 4.34. The monoisotopic (exact) mass is 663 g/mol. The van der Waals surface area contributed by atoms with E-state index in [9.17, 15) is 0 Å². The third-order valence-electron chi connectivity index (χ3n) is 10.7. The molecule has 0 radical (unpaired) electrons. The maximum atomic E-state index is 7.12. The standard InChI is InChI=1S/C48H30BNO2/c1-2-13-31(14-3-1)34-15-4-5-16-35(34)32-26-28-45-41(29-32)49-48-40(20-12-24-46(48)51-45)39-27-25-33(30-47(39)52-49)36-17-6-9-21-42(36)50-43-22-10-7-18-37(43)38-19-8-11-23-44(38)50/h1-30H. The number of ether oxygens (including phenoxy) is 1. The Balaban J connectivity index is 1.05. The molecule has 0 spiro atoms. The maximum Gasteiger partial charge on any atom is 0.434 e. The van der Waals surface area contributed by atoms with Crippen LogP contribution in [0.3, 0.4) is 0 Å². The first-order valence-corrected chi connectivity index (χ1v) is 17.8. The predicted octanol–water partition coefficient (Wildman–Crippen LogP) is 11.1. The Morgan fingerprint density at radius 3 is 1.79 bits per heavy atom. The van der Waals surface area contributed by atoms with Gasteiger partial charge in [-0.1, -0.05) is 146 Å². The van der Waals surface area contributed by atoms with Gasteiger partial charge in [0.15, 0.2) is 0 Å². The average Bonchev–Trinajstić information content (AvgIpc) is 3.55. The normalized spacial score (nSPS) is 12.5. The van der Waals surface area contributed by atoms with Crippen molar-refractivity contribution in [3.63, 3.8) is 0 Å². The van der Waals surface area contributed by atoms with Gasteiger partial charge in [0.2, 0.25) is 0 Å². The minimum atomic E-state index is -0.311. The highest BCUT2D eigenvalue weighted by atomic mass is 16.5. The van der Waals surface area contributed by atoms with Crippen molar-refractivity contribution in [1.82, 2.24) is 4.57 Å². The topological polar surface area (TPSA) is 23.4 Å². The van der Waals surface area contributed by atoms with Crippen molar-refractivity contribution >= 4 is 39.6 Å². The molecule has 2 aliphatic heterocycles. The van der Waals surface area contributed by atoms with Crippen LogP contribution in [0, 0.1) is 0 Å². The third-order valence-corrected chi connectivity index (χ3v) is 10.7. The van der Waals surface area contributed by atoms with Crippen LogP contribution in [0.4, 0.5) is 0 Å². The van der Waals surface area contributed by atoms with E-state index in [0.29, 0.717) is 0 Å². The minimum Gasteiger partial charge on any atom is -0.551 e. The molecule has 8 aromatic carbocycles. The summed E-state index contributed by atoms with van der Waals surface area (Å²) in [5.41, 5.74) is 14.8. The molecule has 0 bridgehead atoms. The smallest absolute Gasteiger partial charge is 0.434 e. The zero-order valence-corrected chi connectivity index (χ0v) is 28.2. The van der Waals surface area contributed by atoms with Gasteiger partial charge in [-0.05, 0) is 69.8 Å². The van der Waals surface area contributed by atoms with Crippen LogP contribution in [0.15, 0.2) is 182 Å². The molecule has 0 saturated heterocycles. The molecule has 4 heteroatoms. The van der Waals surface area contributed by atoms with Crippen molar-refractivity contribution in [1.29, 1.82) is 0 Å². The fourth-order valence-corrected chi connectivity index (χ4v) is 8.38. The van der Waals surface area contributed by atoms with E-state index in [1.54, 1.807) is 0 Å². The summed E-state index contributed by atoms with van der Waals surface area (Å²) in [7, 11) is 0. The number of hydrogen-bond donors (Lipinski definition) is 0. The van der Waals surface area contributed by atoms with Gasteiger partial charge in [-0.3, -0.25) is 0 Å². The Bertz CT molecular complexity index is 2820. The van der Waals surface area contributed by atoms with Crippen molar-refractivity contribution < 1.29 is 9.39 Å². The molecular weight excluding hydrogens is 633 g/mol. The summed E-state index contributed by atoms with van der Waals surface area (Å²) in [4.78, 5) is 0. The van der Waals surface area contributed by atoms with E-state index in [4.69, 9.17) is 9.39 Å². The molecule has 11 rings (SSSR count). The van der Waals surface area contributed by atoms with Crippen molar-refractivity contribution in [3.8, 4) is 67.4 Å². The van der Waals surface area contributed by atoms with E-state index >= 15 is 0 Å². The molecule has 0 fully saturated rings. The van der Waals surface area contributed by atoms with Crippen molar-refractivity contribution in [2.75, 3.05) is 0 Å². The minimum absolute atomic E-state index is 0.311. The van der Waals surface area contributed by atoms with E-state index in [1.807, 2.05) is 0 Å². The lowest BCUT2D eigenvalue weighted by Crippen LogP contribution is -2.53. The number of nitrogens with zero attached hydrogens (tertiary/aromatic N) is 1. The lowest BCUT2D eigenvalue weighted by atomic mass is 9.50. The van der Waals surface area contributed by atoms with E-state index in [0.717, 1.165) is 61.7 Å². The lowest BCUT2D eigenvalue weighted by Gasteiger charge is -2.33. The van der Waals surface area contributed by atoms with Crippen molar-refractivity contribution in [2.45, 2.75) is 0 Å². The Morgan fingerprint density at radius 2 is 1.00 bits per heavy atom. The average molecular weight is 664 g/mol. The van der Waals surface area contributed by atoms with Crippen LogP contribution in [-0.4, -0.2) is 11.5 Å². The molecule has 0 aliphatic carbocycles. The van der Waals surface area contributed by atoms with Crippen molar-refractivity contribution in [3.05, 3.63) is 182 Å². The zero-order valence-electron chi connectivity index (χ0n) is 28.2. The molecule has 0 N–H and O–H groups in total. The van der Waals surface area contributed by atoms with Crippen LogP contribution < -0.4 is 20.3 Å². The zero-order chi connectivity index (χ0) is 34.2. The maximum absolute atomic E-state index is 7.12. The van der Waals surface area contributed by atoms with Gasteiger partial charge in [0.1, 0.15) is 17.2 Å². The van der Waals surface area contributed by atoms with Gasteiger partial charge in [0, 0.05) is 32.8 Å². The Labute approximate surface area is 302 Å². The van der Waals surface area contributed by atoms with Crippen LogP contribution in [-0.2, 0) is 0 Å². The van der Waals surface area contributed by atoms with Crippen LogP contribution in [0.2, 0.25) is 0 Å². The Kier molecular flexibility index (Phi) is 6.35. The molecule has 3 heterocycles. The SMILES string of the molecule is c1ccc(-c2ccccc2-c2ccc3c(c2)B2Oc4cc(-c5ccccc5-n5c6ccccc6c6ccccc65)ccc4-c4cccc(c42)O3)cc1. The molecule has 242 valence electrons. The quantitative estimate of drug-likeness (QED) is 0.175. The fourth-order valence-electron chi connectivity index (χ4n) is 8.38. The highest BCUT2D eigenvalue weighted by molar-refractivity contribution is 6.84. The van der Waals surface area contributed by atoms with Gasteiger partial charge in [0.05, 0.1) is 16.7 Å². The van der Waals surface area contributed by atoms with Crippen molar-refractivity contribution in [2.24, 2.45) is 0 Å². The highest BCUT2D eigenvalue weighted by Gasteiger charge is 2.41. The summed E-state index contributed by atoms with van der Waals surface area (Å²) < 4.78 is 16.1. The Hall–Kier alpha value is -6.78.